The van der Waals surface area contributed by atoms with Gasteiger partial charge in [0.15, 0.2) is 0 Å². The van der Waals surface area contributed by atoms with Gasteiger partial charge in [0.05, 0.1) is 0 Å². The van der Waals surface area contributed by atoms with Gasteiger partial charge in [0.1, 0.15) is 0 Å². The van der Waals surface area contributed by atoms with Crippen molar-refractivity contribution in [2.45, 2.75) is 0 Å². The monoisotopic (exact) mass is 293 g/mol. The van der Waals surface area contributed by atoms with Gasteiger partial charge in [-0.25, -0.2) is 0 Å². The van der Waals surface area contributed by atoms with Gasteiger partial charge >= 0.3 is 81.4 Å². The molecule has 0 aliphatic rings. The summed E-state index contributed by atoms with van der Waals surface area (Å²) in [4.78, 5) is 0. The molecule has 1 aromatic rings. The molecule has 0 amide bonds. The molecule has 0 nitrogen and oxygen atoms in total. The molecular weight excluding hydrogens is 286 g/mol. The molecule has 0 spiro atoms. The second-order valence-corrected chi connectivity index (χ2v) is 11.4. The zero-order chi connectivity index (χ0) is 8.10. The van der Waals surface area contributed by atoms with Gasteiger partial charge in [-0.15, -0.1) is 0 Å². The van der Waals surface area contributed by atoms with E-state index in [1.54, 1.807) is 0 Å². The second kappa shape index (κ2) is 5.07. The van der Waals surface area contributed by atoms with E-state index >= 15 is 0 Å². The van der Waals surface area contributed by atoms with Crippen LogP contribution in [0, 0.1) is 0 Å². The molecule has 11 heavy (non-hydrogen) atoms. The molecule has 0 aromatic heterocycles. The Hall–Kier alpha value is 0.339. The fourth-order valence-corrected chi connectivity index (χ4v) is 2.48. The Kier molecular flexibility index (Phi) is 4.34. The summed E-state index contributed by atoms with van der Waals surface area (Å²) in [5.41, 5.74) is 1.16. The maximum atomic E-state index is 5.70. The molecule has 0 aliphatic carbocycles. The first kappa shape index (κ1) is 9.43. The van der Waals surface area contributed by atoms with Crippen LogP contribution in [-0.2, 0) is 0 Å². The van der Waals surface area contributed by atoms with E-state index in [-0.39, 0.29) is 0 Å². The van der Waals surface area contributed by atoms with Gasteiger partial charge in [-0.1, -0.05) is 0 Å². The van der Waals surface area contributed by atoms with Crippen molar-refractivity contribution in [1.82, 2.24) is 0 Å². The van der Waals surface area contributed by atoms with Crippen LogP contribution >= 0.6 is 17.8 Å². The van der Waals surface area contributed by atoms with Crippen LogP contribution in [0.2, 0.25) is 0 Å². The summed E-state index contributed by atoms with van der Waals surface area (Å²) in [6.07, 6.45) is 1.98. The predicted molar refractivity (Wildman–Crippen MR) is 52.9 cm³/mol. The molecule has 1 aromatic carbocycles. The van der Waals surface area contributed by atoms with Crippen molar-refractivity contribution < 1.29 is 0 Å². The summed E-state index contributed by atoms with van der Waals surface area (Å²) in [5, 5.41) is 0. The molecular formula is C8H7Cl2Sn. The number of rotatable bonds is 2. The number of benzene rings is 1. The van der Waals surface area contributed by atoms with E-state index in [2.05, 4.69) is 0 Å². The summed E-state index contributed by atoms with van der Waals surface area (Å²) in [6.45, 7) is 0. The van der Waals surface area contributed by atoms with Crippen molar-refractivity contribution in [3.8, 4) is 0 Å². The summed E-state index contributed by atoms with van der Waals surface area (Å²) >= 11 is -2.06. The molecule has 0 saturated carbocycles. The number of hydrogen-bond acceptors (Lipinski definition) is 0. The molecule has 0 heterocycles. The average Bonchev–Trinajstić information content (AvgIpc) is 2.03. The molecule has 1 rings (SSSR count). The van der Waals surface area contributed by atoms with E-state index in [1.165, 1.54) is 0 Å². The van der Waals surface area contributed by atoms with Crippen LogP contribution in [0.5, 0.6) is 0 Å². The standard InChI is InChI=1S/C8H7.2ClH.Sn/c1-2-8-6-4-3-5-7-8;;;/h1-7H;2*1H;/q;;;+2/p-2. The fourth-order valence-electron chi connectivity index (χ4n) is 0.723. The third-order valence-corrected chi connectivity index (χ3v) is 4.09. The quantitative estimate of drug-likeness (QED) is 0.734. The first-order chi connectivity index (χ1) is 5.29. The van der Waals surface area contributed by atoms with Crippen LogP contribution in [0.1, 0.15) is 5.56 Å². The Morgan fingerprint density at radius 1 is 1.09 bits per heavy atom. The molecule has 0 fully saturated rings. The topological polar surface area (TPSA) is 0 Å². The third-order valence-electron chi connectivity index (χ3n) is 1.20. The van der Waals surface area contributed by atoms with E-state index in [1.807, 2.05) is 40.5 Å². The number of hydrogen-bond donors (Lipinski definition) is 0. The van der Waals surface area contributed by atoms with Gasteiger partial charge < -0.3 is 0 Å². The Labute approximate surface area is 81.0 Å². The van der Waals surface area contributed by atoms with Crippen LogP contribution in [0.3, 0.4) is 0 Å². The van der Waals surface area contributed by atoms with E-state index in [9.17, 15) is 0 Å². The van der Waals surface area contributed by atoms with Crippen LogP contribution in [0.15, 0.2) is 34.4 Å². The molecule has 1 radical (unpaired) electrons. The summed E-state index contributed by atoms with van der Waals surface area (Å²) in [7, 11) is 11.4. The molecule has 0 unspecified atom stereocenters. The fraction of sp³-hybridized carbons (Fsp3) is 0. The zero-order valence-electron chi connectivity index (χ0n) is 5.80. The predicted octanol–water partition coefficient (Wildman–Crippen LogP) is 3.20. The average molecular weight is 293 g/mol. The van der Waals surface area contributed by atoms with Crippen molar-refractivity contribution in [3.63, 3.8) is 0 Å². The van der Waals surface area contributed by atoms with Gasteiger partial charge in [0.2, 0.25) is 0 Å². The van der Waals surface area contributed by atoms with E-state index in [4.69, 9.17) is 17.8 Å². The van der Waals surface area contributed by atoms with Crippen molar-refractivity contribution in [1.29, 1.82) is 0 Å². The Morgan fingerprint density at radius 3 is 2.27 bits per heavy atom. The number of halogens is 2. The van der Waals surface area contributed by atoms with E-state index in [0.717, 1.165) is 5.56 Å². The zero-order valence-corrected chi connectivity index (χ0v) is 10.2. The first-order valence-electron chi connectivity index (χ1n) is 3.20. The van der Waals surface area contributed by atoms with Gasteiger partial charge in [-0.05, 0) is 0 Å². The Morgan fingerprint density at radius 2 is 1.73 bits per heavy atom. The summed E-state index contributed by atoms with van der Waals surface area (Å²) in [5.74, 6) is 0. The van der Waals surface area contributed by atoms with E-state index < -0.39 is 17.5 Å². The Bertz CT molecular complexity index is 231. The molecule has 0 N–H and O–H groups in total. The molecule has 3 heteroatoms. The molecule has 0 saturated heterocycles. The van der Waals surface area contributed by atoms with Gasteiger partial charge in [0.25, 0.3) is 0 Å². The van der Waals surface area contributed by atoms with Crippen molar-refractivity contribution in [2.75, 3.05) is 0 Å². The minimum absolute atomic E-state index is 1.16. The van der Waals surface area contributed by atoms with Gasteiger partial charge in [-0.3, -0.25) is 0 Å². The minimum atomic E-state index is -2.06. The van der Waals surface area contributed by atoms with Gasteiger partial charge in [0, 0.05) is 0 Å². The van der Waals surface area contributed by atoms with Crippen LogP contribution in [0.25, 0.3) is 6.08 Å². The molecule has 57 valence electrons. The van der Waals surface area contributed by atoms with E-state index in [0.29, 0.717) is 0 Å². The first-order valence-corrected chi connectivity index (χ1v) is 12.1. The second-order valence-electron chi connectivity index (χ2n) is 2.03. The maximum absolute atomic E-state index is 5.70. The SMILES string of the molecule is [Cl][Sn]([Cl])/[CH]=C/c1ccccc1. The van der Waals surface area contributed by atoms with Crippen LogP contribution < -0.4 is 0 Å². The van der Waals surface area contributed by atoms with Crippen LogP contribution in [-0.4, -0.2) is 17.5 Å². The third kappa shape index (κ3) is 4.04. The van der Waals surface area contributed by atoms with Crippen molar-refractivity contribution >= 4 is 41.4 Å². The summed E-state index contributed by atoms with van der Waals surface area (Å²) in [6, 6.07) is 10.0. The van der Waals surface area contributed by atoms with Crippen molar-refractivity contribution in [3.05, 3.63) is 40.0 Å². The summed E-state index contributed by atoms with van der Waals surface area (Å²) < 4.78 is 1.93. The molecule has 0 bridgehead atoms. The molecule has 0 aliphatic heterocycles. The van der Waals surface area contributed by atoms with Gasteiger partial charge in [-0.2, -0.15) is 0 Å². The van der Waals surface area contributed by atoms with Crippen molar-refractivity contribution in [2.24, 2.45) is 0 Å². The normalized spacial score (nSPS) is 11.2. The Balaban J connectivity index is 2.65. The molecule has 0 atom stereocenters. The van der Waals surface area contributed by atoms with Crippen LogP contribution in [0.4, 0.5) is 0 Å².